The number of fused-ring (bicyclic) bond motifs is 1. The Morgan fingerprint density at radius 3 is 2.57 bits per heavy atom. The number of nitrogens with zero attached hydrogens (tertiary/aromatic N) is 4. The standard InChI is InChI=1S/C17H16F2N4/c1-9-7-13-10(2)23(4)11(3)22-16(13)15(21-9)12-5-6-14(17(18)19)20-8-12/h5-8,17H,2H2,1,3-4H3. The van der Waals surface area contributed by atoms with Gasteiger partial charge in [0.2, 0.25) is 0 Å². The van der Waals surface area contributed by atoms with Crippen molar-refractivity contribution in [3.05, 3.63) is 47.9 Å². The molecule has 6 heteroatoms. The van der Waals surface area contributed by atoms with Gasteiger partial charge in [0.15, 0.2) is 0 Å². The molecule has 2 aromatic rings. The fourth-order valence-electron chi connectivity index (χ4n) is 2.49. The molecule has 0 saturated carbocycles. The van der Waals surface area contributed by atoms with E-state index in [1.807, 2.05) is 31.9 Å². The second kappa shape index (κ2) is 5.53. The minimum absolute atomic E-state index is 0.251. The predicted octanol–water partition coefficient (Wildman–Crippen LogP) is 4.36. The molecule has 2 aromatic heterocycles. The van der Waals surface area contributed by atoms with Crippen LogP contribution >= 0.6 is 0 Å². The minimum Gasteiger partial charge on any atom is -0.333 e. The molecule has 23 heavy (non-hydrogen) atoms. The summed E-state index contributed by atoms with van der Waals surface area (Å²) in [4.78, 5) is 14.8. The lowest BCUT2D eigenvalue weighted by molar-refractivity contribution is 0.146. The van der Waals surface area contributed by atoms with E-state index in [1.54, 1.807) is 6.07 Å². The molecule has 0 radical (unpaired) electrons. The second-order valence-electron chi connectivity index (χ2n) is 5.45. The van der Waals surface area contributed by atoms with Crippen LogP contribution in [0.4, 0.5) is 14.5 Å². The Kier molecular flexibility index (Phi) is 3.67. The van der Waals surface area contributed by atoms with Gasteiger partial charge < -0.3 is 4.90 Å². The lowest BCUT2D eigenvalue weighted by atomic mass is 10.0. The summed E-state index contributed by atoms with van der Waals surface area (Å²) < 4.78 is 25.3. The molecule has 1 aliphatic heterocycles. The van der Waals surface area contributed by atoms with Crippen LogP contribution < -0.4 is 0 Å². The van der Waals surface area contributed by atoms with Gasteiger partial charge in [-0.3, -0.25) is 9.97 Å². The zero-order valence-electron chi connectivity index (χ0n) is 13.1. The molecule has 0 aliphatic carbocycles. The van der Waals surface area contributed by atoms with Crippen molar-refractivity contribution >= 4 is 17.2 Å². The highest BCUT2D eigenvalue weighted by Gasteiger charge is 2.23. The lowest BCUT2D eigenvalue weighted by Gasteiger charge is -2.28. The van der Waals surface area contributed by atoms with Crippen LogP contribution in [-0.4, -0.2) is 27.8 Å². The summed E-state index contributed by atoms with van der Waals surface area (Å²) in [5.74, 6) is 0.798. The van der Waals surface area contributed by atoms with Gasteiger partial charge in [0.05, 0.1) is 5.69 Å². The van der Waals surface area contributed by atoms with Crippen molar-refractivity contribution < 1.29 is 8.78 Å². The molecule has 3 rings (SSSR count). The van der Waals surface area contributed by atoms with Crippen LogP contribution in [-0.2, 0) is 0 Å². The minimum atomic E-state index is -2.59. The zero-order chi connectivity index (χ0) is 16.7. The van der Waals surface area contributed by atoms with Crippen molar-refractivity contribution in [3.63, 3.8) is 0 Å². The van der Waals surface area contributed by atoms with Crippen molar-refractivity contribution in [2.75, 3.05) is 7.05 Å². The number of amidine groups is 1. The van der Waals surface area contributed by atoms with E-state index in [2.05, 4.69) is 21.5 Å². The number of rotatable bonds is 2. The lowest BCUT2D eigenvalue weighted by Crippen LogP contribution is -2.25. The second-order valence-corrected chi connectivity index (χ2v) is 5.45. The molecule has 0 amide bonds. The number of pyridine rings is 2. The quantitative estimate of drug-likeness (QED) is 0.827. The highest BCUT2D eigenvalue weighted by Crippen LogP contribution is 2.39. The van der Waals surface area contributed by atoms with Crippen LogP contribution in [0.15, 0.2) is 36.0 Å². The van der Waals surface area contributed by atoms with Gasteiger partial charge in [0.25, 0.3) is 6.43 Å². The van der Waals surface area contributed by atoms with Gasteiger partial charge in [-0.05, 0) is 32.0 Å². The van der Waals surface area contributed by atoms with E-state index in [1.165, 1.54) is 12.3 Å². The van der Waals surface area contributed by atoms with Gasteiger partial charge in [-0.15, -0.1) is 0 Å². The van der Waals surface area contributed by atoms with E-state index in [9.17, 15) is 8.78 Å². The maximum atomic E-state index is 12.7. The van der Waals surface area contributed by atoms with Crippen molar-refractivity contribution in [1.29, 1.82) is 0 Å². The molecular formula is C17H16F2N4. The molecule has 0 bridgehead atoms. The first kappa shape index (κ1) is 15.3. The topological polar surface area (TPSA) is 41.4 Å². The first-order chi connectivity index (χ1) is 10.9. The van der Waals surface area contributed by atoms with Crippen molar-refractivity contribution in [1.82, 2.24) is 14.9 Å². The number of aromatic nitrogens is 2. The van der Waals surface area contributed by atoms with Crippen LogP contribution in [0.25, 0.3) is 17.0 Å². The van der Waals surface area contributed by atoms with E-state index in [4.69, 9.17) is 0 Å². The van der Waals surface area contributed by atoms with E-state index < -0.39 is 6.43 Å². The normalized spacial score (nSPS) is 14.1. The van der Waals surface area contributed by atoms with Crippen LogP contribution in [0.3, 0.4) is 0 Å². The molecule has 3 heterocycles. The van der Waals surface area contributed by atoms with E-state index in [0.29, 0.717) is 16.9 Å². The van der Waals surface area contributed by atoms with E-state index in [0.717, 1.165) is 22.8 Å². The molecule has 0 unspecified atom stereocenters. The van der Waals surface area contributed by atoms with Crippen molar-refractivity contribution in [3.8, 4) is 11.3 Å². The molecule has 0 aromatic carbocycles. The molecule has 4 nitrogen and oxygen atoms in total. The Balaban J connectivity index is 2.19. The fraction of sp³-hybridized carbons (Fsp3) is 0.235. The van der Waals surface area contributed by atoms with Crippen molar-refractivity contribution in [2.45, 2.75) is 20.3 Å². The maximum Gasteiger partial charge on any atom is 0.280 e. The van der Waals surface area contributed by atoms with E-state index >= 15 is 0 Å². The zero-order valence-corrected chi connectivity index (χ0v) is 13.1. The summed E-state index contributed by atoms with van der Waals surface area (Å²) in [6, 6.07) is 4.84. The Bertz CT molecular complexity index is 810. The number of hydrogen-bond acceptors (Lipinski definition) is 4. The summed E-state index contributed by atoms with van der Waals surface area (Å²) >= 11 is 0. The van der Waals surface area contributed by atoms with Crippen LogP contribution in [0.5, 0.6) is 0 Å². The summed E-state index contributed by atoms with van der Waals surface area (Å²) in [7, 11) is 1.90. The summed E-state index contributed by atoms with van der Waals surface area (Å²) in [5.41, 5.74) is 4.25. The molecular weight excluding hydrogens is 298 g/mol. The molecule has 1 aliphatic rings. The highest BCUT2D eigenvalue weighted by atomic mass is 19.3. The first-order valence-corrected chi connectivity index (χ1v) is 7.13. The van der Waals surface area contributed by atoms with Crippen LogP contribution in [0.2, 0.25) is 0 Å². The van der Waals surface area contributed by atoms with Gasteiger partial charge in [-0.1, -0.05) is 6.58 Å². The number of hydrogen-bond donors (Lipinski definition) is 0. The summed E-state index contributed by atoms with van der Waals surface area (Å²) in [6.07, 6.45) is -1.17. The van der Waals surface area contributed by atoms with Gasteiger partial charge in [-0.2, -0.15) is 0 Å². The predicted molar refractivity (Wildman–Crippen MR) is 86.7 cm³/mol. The number of alkyl halides is 2. The summed E-state index contributed by atoms with van der Waals surface area (Å²) in [6.45, 7) is 7.87. The van der Waals surface area contributed by atoms with Gasteiger partial charge in [0.1, 0.15) is 17.2 Å². The molecule has 0 fully saturated rings. The SMILES string of the molecule is C=C1c2cc(C)nc(-c3ccc(C(F)F)nc3)c2N=C(C)N1C. The molecule has 0 saturated heterocycles. The molecule has 0 N–H and O–H groups in total. The third kappa shape index (κ3) is 2.60. The van der Waals surface area contributed by atoms with Crippen molar-refractivity contribution in [2.24, 2.45) is 4.99 Å². The number of aryl methyl sites for hydroxylation is 1. The third-order valence-electron chi connectivity index (χ3n) is 3.88. The third-order valence-corrected chi connectivity index (χ3v) is 3.88. The Hall–Kier alpha value is -2.63. The molecule has 0 spiro atoms. The summed E-state index contributed by atoms with van der Waals surface area (Å²) in [5, 5.41) is 0. The van der Waals surface area contributed by atoms with Crippen LogP contribution in [0, 0.1) is 6.92 Å². The first-order valence-electron chi connectivity index (χ1n) is 7.13. The Labute approximate surface area is 133 Å². The highest BCUT2D eigenvalue weighted by molar-refractivity contribution is 5.99. The Morgan fingerprint density at radius 1 is 1.22 bits per heavy atom. The maximum absolute atomic E-state index is 12.7. The van der Waals surface area contributed by atoms with Gasteiger partial charge in [0, 0.05) is 35.8 Å². The fourth-order valence-corrected chi connectivity index (χ4v) is 2.49. The largest absolute Gasteiger partial charge is 0.333 e. The number of halogens is 2. The average Bonchev–Trinajstić information content (AvgIpc) is 2.53. The van der Waals surface area contributed by atoms with Gasteiger partial charge in [-0.25, -0.2) is 13.8 Å². The Morgan fingerprint density at radius 2 is 1.96 bits per heavy atom. The smallest absolute Gasteiger partial charge is 0.280 e. The molecule has 0 atom stereocenters. The monoisotopic (exact) mass is 314 g/mol. The average molecular weight is 314 g/mol. The van der Waals surface area contributed by atoms with Crippen LogP contribution in [0.1, 0.15) is 30.3 Å². The molecule has 118 valence electrons. The van der Waals surface area contributed by atoms with E-state index in [-0.39, 0.29) is 5.69 Å². The number of aliphatic imine (C=N–C) groups is 1. The van der Waals surface area contributed by atoms with Gasteiger partial charge >= 0.3 is 0 Å².